The van der Waals surface area contributed by atoms with Gasteiger partial charge in [0.1, 0.15) is 6.10 Å². The van der Waals surface area contributed by atoms with Crippen molar-refractivity contribution in [3.8, 4) is 0 Å². The summed E-state index contributed by atoms with van der Waals surface area (Å²) in [6.45, 7) is 8.94. The molecule has 0 bridgehead atoms. The minimum atomic E-state index is -2.87. The largest absolute Gasteiger partial charge is 0.501 e. The van der Waals surface area contributed by atoms with Crippen molar-refractivity contribution in [3.05, 3.63) is 0 Å². The maximum Gasteiger partial charge on any atom is 0.501 e. The standard InChI is InChI=1S/C13H28O5Si/c1-5-9-16-19(11-7-3,17-10-6-2)18-12(8-4)13(14)15/h12H,5-11H2,1-4H3,(H,14,15). The van der Waals surface area contributed by atoms with Crippen molar-refractivity contribution in [1.82, 2.24) is 0 Å². The van der Waals surface area contributed by atoms with E-state index in [4.69, 9.17) is 18.4 Å². The highest BCUT2D eigenvalue weighted by Gasteiger charge is 2.43. The van der Waals surface area contributed by atoms with Gasteiger partial charge in [0.05, 0.1) is 0 Å². The van der Waals surface area contributed by atoms with Crippen LogP contribution in [0.25, 0.3) is 0 Å². The molecule has 0 saturated carbocycles. The third kappa shape index (κ3) is 7.05. The summed E-state index contributed by atoms with van der Waals surface area (Å²) in [5.41, 5.74) is 0. The van der Waals surface area contributed by atoms with Gasteiger partial charge in [-0.1, -0.05) is 34.1 Å². The molecule has 6 heteroatoms. The lowest BCUT2D eigenvalue weighted by Gasteiger charge is -2.31. The fourth-order valence-electron chi connectivity index (χ4n) is 1.66. The molecular weight excluding hydrogens is 264 g/mol. The summed E-state index contributed by atoms with van der Waals surface area (Å²) in [4.78, 5) is 11.1. The van der Waals surface area contributed by atoms with Crippen molar-refractivity contribution in [1.29, 1.82) is 0 Å². The van der Waals surface area contributed by atoms with Crippen LogP contribution in [0.1, 0.15) is 53.4 Å². The van der Waals surface area contributed by atoms with Gasteiger partial charge in [0.25, 0.3) is 0 Å². The van der Waals surface area contributed by atoms with Gasteiger partial charge in [0.15, 0.2) is 0 Å². The Balaban J connectivity index is 4.87. The summed E-state index contributed by atoms with van der Waals surface area (Å²) in [5, 5.41) is 9.14. The third-order valence-electron chi connectivity index (χ3n) is 2.58. The lowest BCUT2D eigenvalue weighted by atomic mass is 10.3. The lowest BCUT2D eigenvalue weighted by Crippen LogP contribution is -2.50. The number of carboxylic acid groups (broad SMARTS) is 1. The van der Waals surface area contributed by atoms with Crippen molar-refractivity contribution >= 4 is 14.8 Å². The molecular formula is C13H28O5Si. The molecule has 1 N–H and O–H groups in total. The fraction of sp³-hybridized carbons (Fsp3) is 0.923. The summed E-state index contributed by atoms with van der Waals surface area (Å²) in [6, 6.07) is 0.663. The summed E-state index contributed by atoms with van der Waals surface area (Å²) in [6.07, 6.45) is 2.16. The zero-order valence-electron chi connectivity index (χ0n) is 12.6. The van der Waals surface area contributed by atoms with E-state index in [1.165, 1.54) is 0 Å². The van der Waals surface area contributed by atoms with Crippen LogP contribution in [0.3, 0.4) is 0 Å². The maximum atomic E-state index is 11.1. The quantitative estimate of drug-likeness (QED) is 0.560. The Morgan fingerprint density at radius 3 is 1.89 bits per heavy atom. The first-order valence-corrected chi connectivity index (χ1v) is 9.16. The molecule has 0 aliphatic heterocycles. The molecule has 0 aliphatic carbocycles. The number of carboxylic acids is 1. The second-order valence-corrected chi connectivity index (χ2v) is 7.16. The van der Waals surface area contributed by atoms with E-state index in [0.29, 0.717) is 25.7 Å². The molecule has 0 aliphatic rings. The Hall–Kier alpha value is -0.433. The van der Waals surface area contributed by atoms with Gasteiger partial charge in [-0.3, -0.25) is 0 Å². The van der Waals surface area contributed by atoms with E-state index in [0.717, 1.165) is 19.3 Å². The Labute approximate surface area is 117 Å². The summed E-state index contributed by atoms with van der Waals surface area (Å²) < 4.78 is 17.5. The van der Waals surface area contributed by atoms with Gasteiger partial charge in [0.2, 0.25) is 0 Å². The Bertz CT molecular complexity index is 239. The molecule has 0 aromatic rings. The summed E-state index contributed by atoms with van der Waals surface area (Å²) in [7, 11) is -2.87. The number of aliphatic carboxylic acids is 1. The van der Waals surface area contributed by atoms with Crippen LogP contribution in [0.5, 0.6) is 0 Å². The van der Waals surface area contributed by atoms with E-state index in [2.05, 4.69) is 0 Å². The van der Waals surface area contributed by atoms with Crippen LogP contribution >= 0.6 is 0 Å². The zero-order chi connectivity index (χ0) is 14.7. The molecule has 1 atom stereocenters. The van der Waals surface area contributed by atoms with Crippen LogP contribution in [0, 0.1) is 0 Å². The number of rotatable bonds is 12. The molecule has 0 radical (unpaired) electrons. The predicted octanol–water partition coefficient (Wildman–Crippen LogP) is 3.07. The zero-order valence-corrected chi connectivity index (χ0v) is 13.6. The highest BCUT2D eigenvalue weighted by molar-refractivity contribution is 6.60. The third-order valence-corrected chi connectivity index (χ3v) is 5.62. The van der Waals surface area contributed by atoms with Gasteiger partial charge >= 0.3 is 14.8 Å². The van der Waals surface area contributed by atoms with E-state index in [1.807, 2.05) is 20.8 Å². The predicted molar refractivity (Wildman–Crippen MR) is 76.1 cm³/mol. The molecule has 0 amide bonds. The molecule has 1 unspecified atom stereocenters. The molecule has 114 valence electrons. The Morgan fingerprint density at radius 2 is 1.58 bits per heavy atom. The fourth-order valence-corrected chi connectivity index (χ4v) is 4.63. The van der Waals surface area contributed by atoms with Crippen molar-refractivity contribution in [2.75, 3.05) is 13.2 Å². The first-order chi connectivity index (χ1) is 9.05. The van der Waals surface area contributed by atoms with Crippen molar-refractivity contribution in [3.63, 3.8) is 0 Å². The number of hydrogen-bond donors (Lipinski definition) is 1. The van der Waals surface area contributed by atoms with Gasteiger partial charge in [-0.15, -0.1) is 0 Å². The van der Waals surface area contributed by atoms with E-state index < -0.39 is 20.9 Å². The SMILES string of the molecule is CCCO[Si](CCC)(OCCC)OC(CC)C(=O)O. The molecule has 0 saturated heterocycles. The smallest absolute Gasteiger partial charge is 0.479 e. The molecule has 0 heterocycles. The van der Waals surface area contributed by atoms with Crippen LogP contribution in [-0.4, -0.2) is 39.2 Å². The molecule has 5 nitrogen and oxygen atoms in total. The maximum absolute atomic E-state index is 11.1. The van der Waals surface area contributed by atoms with Gasteiger partial charge in [-0.2, -0.15) is 0 Å². The van der Waals surface area contributed by atoms with Crippen LogP contribution in [0.2, 0.25) is 6.04 Å². The van der Waals surface area contributed by atoms with Gasteiger partial charge in [0, 0.05) is 19.3 Å². The molecule has 0 aromatic heterocycles. The van der Waals surface area contributed by atoms with Crippen LogP contribution in [0.15, 0.2) is 0 Å². The number of hydrogen-bond acceptors (Lipinski definition) is 4. The average Bonchev–Trinajstić information content (AvgIpc) is 2.40. The van der Waals surface area contributed by atoms with Crippen LogP contribution in [-0.2, 0) is 18.1 Å². The minimum absolute atomic E-state index is 0.415. The second kappa shape index (κ2) is 10.4. The number of carbonyl (C=O) groups is 1. The van der Waals surface area contributed by atoms with Gasteiger partial charge < -0.3 is 18.4 Å². The highest BCUT2D eigenvalue weighted by Crippen LogP contribution is 2.22. The normalized spacial score (nSPS) is 13.5. The molecule has 0 rings (SSSR count). The summed E-state index contributed by atoms with van der Waals surface area (Å²) in [5.74, 6) is -0.948. The average molecular weight is 292 g/mol. The van der Waals surface area contributed by atoms with Crippen LogP contribution < -0.4 is 0 Å². The van der Waals surface area contributed by atoms with E-state index >= 15 is 0 Å². The minimum Gasteiger partial charge on any atom is -0.479 e. The van der Waals surface area contributed by atoms with Crippen LogP contribution in [0.4, 0.5) is 0 Å². The summed E-state index contributed by atoms with van der Waals surface area (Å²) >= 11 is 0. The molecule has 0 fully saturated rings. The van der Waals surface area contributed by atoms with E-state index in [9.17, 15) is 4.79 Å². The highest BCUT2D eigenvalue weighted by atomic mass is 28.4. The second-order valence-electron chi connectivity index (χ2n) is 4.48. The van der Waals surface area contributed by atoms with Gasteiger partial charge in [-0.25, -0.2) is 4.79 Å². The topological polar surface area (TPSA) is 65.0 Å². The monoisotopic (exact) mass is 292 g/mol. The molecule has 19 heavy (non-hydrogen) atoms. The Kier molecular flexibility index (Phi) is 10.1. The van der Waals surface area contributed by atoms with Crippen molar-refractivity contribution < 1.29 is 23.2 Å². The van der Waals surface area contributed by atoms with E-state index in [-0.39, 0.29) is 0 Å². The van der Waals surface area contributed by atoms with Gasteiger partial charge in [-0.05, 0) is 19.3 Å². The molecule has 0 spiro atoms. The Morgan fingerprint density at radius 1 is 1.05 bits per heavy atom. The van der Waals surface area contributed by atoms with E-state index in [1.54, 1.807) is 6.92 Å². The molecule has 0 aromatic carbocycles. The first kappa shape index (κ1) is 18.6. The van der Waals surface area contributed by atoms with Crippen molar-refractivity contribution in [2.24, 2.45) is 0 Å². The lowest BCUT2D eigenvalue weighted by molar-refractivity contribution is -0.148. The van der Waals surface area contributed by atoms with Crippen molar-refractivity contribution in [2.45, 2.75) is 65.5 Å². The first-order valence-electron chi connectivity index (χ1n) is 7.23.